The first-order valence-corrected chi connectivity index (χ1v) is 6.62. The van der Waals surface area contributed by atoms with E-state index in [1.54, 1.807) is 4.68 Å². The van der Waals surface area contributed by atoms with Crippen LogP contribution in [0.5, 0.6) is 11.5 Å². The van der Waals surface area contributed by atoms with Crippen molar-refractivity contribution in [1.29, 1.82) is 0 Å². The fourth-order valence-electron chi connectivity index (χ4n) is 2.37. The lowest BCUT2D eigenvalue weighted by molar-refractivity contribution is 0.174. The van der Waals surface area contributed by atoms with E-state index in [9.17, 15) is 0 Å². The molecule has 0 spiro atoms. The zero-order chi connectivity index (χ0) is 14.2. The summed E-state index contributed by atoms with van der Waals surface area (Å²) in [5.74, 6) is 1.47. The minimum absolute atomic E-state index is 0.257. The number of aromatic nitrogens is 2. The molecule has 0 unspecified atom stereocenters. The van der Waals surface area contributed by atoms with E-state index in [1.165, 1.54) is 0 Å². The van der Waals surface area contributed by atoms with Gasteiger partial charge in [0, 0.05) is 5.56 Å². The molecule has 1 aromatic heterocycles. The Balaban J connectivity index is 1.78. The maximum Gasteiger partial charge on any atom is 0.231 e. The predicted molar refractivity (Wildman–Crippen MR) is 79.5 cm³/mol. The van der Waals surface area contributed by atoms with Gasteiger partial charge in [0.15, 0.2) is 11.5 Å². The minimum Gasteiger partial charge on any atom is -0.454 e. The van der Waals surface area contributed by atoms with Crippen LogP contribution in [0.1, 0.15) is 0 Å². The average molecular weight is 279 g/mol. The quantitative estimate of drug-likeness (QED) is 0.783. The number of nitrogens with two attached hydrogens (primary N) is 1. The topological polar surface area (TPSA) is 62.3 Å². The second-order valence-electron chi connectivity index (χ2n) is 4.78. The Morgan fingerprint density at radius 1 is 1.00 bits per heavy atom. The monoisotopic (exact) mass is 279 g/mol. The summed E-state index contributed by atoms with van der Waals surface area (Å²) in [5.41, 5.74) is 9.33. The molecule has 0 atom stereocenters. The van der Waals surface area contributed by atoms with Crippen molar-refractivity contribution in [3.63, 3.8) is 0 Å². The van der Waals surface area contributed by atoms with E-state index < -0.39 is 0 Å². The van der Waals surface area contributed by atoms with Crippen molar-refractivity contribution in [3.8, 4) is 28.4 Å². The maximum absolute atomic E-state index is 6.10. The summed E-state index contributed by atoms with van der Waals surface area (Å²) in [7, 11) is 0. The van der Waals surface area contributed by atoms with Crippen LogP contribution in [0.4, 0.5) is 5.69 Å². The van der Waals surface area contributed by atoms with Crippen molar-refractivity contribution in [2.45, 2.75) is 0 Å². The van der Waals surface area contributed by atoms with Crippen LogP contribution in [0.2, 0.25) is 0 Å². The van der Waals surface area contributed by atoms with Gasteiger partial charge < -0.3 is 15.2 Å². The summed E-state index contributed by atoms with van der Waals surface area (Å²) >= 11 is 0. The lowest BCUT2D eigenvalue weighted by atomic mass is 10.1. The summed E-state index contributed by atoms with van der Waals surface area (Å²) < 4.78 is 12.5. The van der Waals surface area contributed by atoms with E-state index in [-0.39, 0.29) is 6.79 Å². The molecule has 0 bridgehead atoms. The number of hydrogen-bond donors (Lipinski definition) is 1. The highest BCUT2D eigenvalue weighted by Gasteiger charge is 2.16. The van der Waals surface area contributed by atoms with Gasteiger partial charge in [-0.3, -0.25) is 0 Å². The molecule has 0 amide bonds. The summed E-state index contributed by atoms with van der Waals surface area (Å²) in [5, 5.41) is 4.57. The molecule has 104 valence electrons. The highest BCUT2D eigenvalue weighted by molar-refractivity contribution is 5.74. The average Bonchev–Trinajstić information content (AvgIpc) is 3.13. The fraction of sp³-hybridized carbons (Fsp3) is 0.0625. The Morgan fingerprint density at radius 2 is 1.81 bits per heavy atom. The van der Waals surface area contributed by atoms with E-state index in [4.69, 9.17) is 15.2 Å². The third-order valence-corrected chi connectivity index (χ3v) is 3.41. The number of ether oxygens (including phenoxy) is 2. The smallest absolute Gasteiger partial charge is 0.231 e. The zero-order valence-electron chi connectivity index (χ0n) is 11.2. The predicted octanol–water partition coefficient (Wildman–Crippen LogP) is 2.85. The SMILES string of the molecule is Nc1cn(-c2ccccc2)nc1-c1ccc2c(c1)OCO2. The number of nitrogens with zero attached hydrogens (tertiary/aromatic N) is 2. The van der Waals surface area contributed by atoms with Gasteiger partial charge >= 0.3 is 0 Å². The van der Waals surface area contributed by atoms with Crippen molar-refractivity contribution in [3.05, 3.63) is 54.7 Å². The molecule has 1 aliphatic rings. The number of anilines is 1. The lowest BCUT2D eigenvalue weighted by Crippen LogP contribution is -1.94. The molecule has 2 N–H and O–H groups in total. The molecule has 0 aliphatic carbocycles. The molecule has 3 aromatic rings. The van der Waals surface area contributed by atoms with Gasteiger partial charge in [-0.2, -0.15) is 5.10 Å². The van der Waals surface area contributed by atoms with Gasteiger partial charge in [0.2, 0.25) is 6.79 Å². The number of nitrogen functional groups attached to an aromatic ring is 1. The lowest BCUT2D eigenvalue weighted by Gasteiger charge is -2.01. The highest BCUT2D eigenvalue weighted by atomic mass is 16.7. The Hall–Kier alpha value is -2.95. The number of fused-ring (bicyclic) bond motifs is 1. The summed E-state index contributed by atoms with van der Waals surface area (Å²) in [6, 6.07) is 15.6. The second-order valence-corrected chi connectivity index (χ2v) is 4.78. The van der Waals surface area contributed by atoms with Crippen LogP contribution in [0.3, 0.4) is 0 Å². The highest BCUT2D eigenvalue weighted by Crippen LogP contribution is 2.37. The Kier molecular flexibility index (Phi) is 2.57. The molecule has 0 saturated carbocycles. The molecule has 2 aromatic carbocycles. The Labute approximate surface area is 121 Å². The molecule has 5 nitrogen and oxygen atoms in total. The van der Waals surface area contributed by atoms with Gasteiger partial charge in [-0.1, -0.05) is 18.2 Å². The molecule has 1 aliphatic heterocycles. The van der Waals surface area contributed by atoms with Crippen LogP contribution in [-0.2, 0) is 0 Å². The van der Waals surface area contributed by atoms with Crippen molar-refractivity contribution >= 4 is 5.69 Å². The molecule has 0 radical (unpaired) electrons. The van der Waals surface area contributed by atoms with Crippen molar-refractivity contribution in [1.82, 2.24) is 9.78 Å². The Morgan fingerprint density at radius 3 is 2.67 bits per heavy atom. The number of para-hydroxylation sites is 1. The number of hydrogen-bond acceptors (Lipinski definition) is 4. The summed E-state index contributed by atoms with van der Waals surface area (Å²) in [4.78, 5) is 0. The zero-order valence-corrected chi connectivity index (χ0v) is 11.2. The van der Waals surface area contributed by atoms with Crippen molar-refractivity contribution < 1.29 is 9.47 Å². The van der Waals surface area contributed by atoms with E-state index >= 15 is 0 Å². The molecular formula is C16H13N3O2. The number of rotatable bonds is 2. The van der Waals surface area contributed by atoms with Crippen LogP contribution in [0.25, 0.3) is 16.9 Å². The van der Waals surface area contributed by atoms with Gasteiger partial charge in [0.05, 0.1) is 17.6 Å². The van der Waals surface area contributed by atoms with Crippen LogP contribution in [-0.4, -0.2) is 16.6 Å². The molecule has 0 saturated heterocycles. The largest absolute Gasteiger partial charge is 0.454 e. The molecule has 4 rings (SSSR count). The molecule has 5 heteroatoms. The van der Waals surface area contributed by atoms with E-state index in [0.29, 0.717) is 5.69 Å². The summed E-state index contributed by atoms with van der Waals surface area (Å²) in [6.45, 7) is 0.257. The normalized spacial score (nSPS) is 12.6. The first-order valence-electron chi connectivity index (χ1n) is 6.62. The molecular weight excluding hydrogens is 266 g/mol. The Bertz CT molecular complexity index is 797. The van der Waals surface area contributed by atoms with Crippen LogP contribution < -0.4 is 15.2 Å². The first-order chi connectivity index (χ1) is 10.3. The van der Waals surface area contributed by atoms with Crippen molar-refractivity contribution in [2.24, 2.45) is 0 Å². The number of benzene rings is 2. The van der Waals surface area contributed by atoms with E-state index in [2.05, 4.69) is 5.10 Å². The minimum atomic E-state index is 0.257. The van der Waals surface area contributed by atoms with E-state index in [0.717, 1.165) is 28.4 Å². The third-order valence-electron chi connectivity index (χ3n) is 3.41. The third kappa shape index (κ3) is 1.99. The van der Waals surface area contributed by atoms with E-state index in [1.807, 2.05) is 54.7 Å². The van der Waals surface area contributed by atoms with Crippen LogP contribution in [0, 0.1) is 0 Å². The van der Waals surface area contributed by atoms with Crippen molar-refractivity contribution in [2.75, 3.05) is 12.5 Å². The van der Waals surface area contributed by atoms with Crippen LogP contribution >= 0.6 is 0 Å². The fourth-order valence-corrected chi connectivity index (χ4v) is 2.37. The van der Waals surface area contributed by atoms with Crippen LogP contribution in [0.15, 0.2) is 54.7 Å². The van der Waals surface area contributed by atoms with Gasteiger partial charge in [-0.05, 0) is 30.3 Å². The second kappa shape index (κ2) is 4.56. The van der Waals surface area contributed by atoms with Gasteiger partial charge in [0.1, 0.15) is 5.69 Å². The van der Waals surface area contributed by atoms with Gasteiger partial charge in [0.25, 0.3) is 0 Å². The summed E-state index contributed by atoms with van der Waals surface area (Å²) in [6.07, 6.45) is 1.81. The molecule has 2 heterocycles. The molecule has 21 heavy (non-hydrogen) atoms. The maximum atomic E-state index is 6.10. The first kappa shape index (κ1) is 11.8. The van der Waals surface area contributed by atoms with Gasteiger partial charge in [-0.25, -0.2) is 4.68 Å². The molecule has 0 fully saturated rings. The standard InChI is InChI=1S/C16H13N3O2/c17-13-9-19(12-4-2-1-3-5-12)18-16(13)11-6-7-14-15(8-11)21-10-20-14/h1-9H,10,17H2. The van der Waals surface area contributed by atoms with Gasteiger partial charge in [-0.15, -0.1) is 0 Å².